The molecule has 0 saturated heterocycles. The number of hydrogen-bond donors (Lipinski definition) is 1. The van der Waals surface area contributed by atoms with Crippen molar-refractivity contribution in [3.05, 3.63) is 61.4 Å². The topological polar surface area (TPSA) is 24.9 Å². The van der Waals surface area contributed by atoms with Crippen LogP contribution in [0, 0.1) is 0 Å². The zero-order valence-electron chi connectivity index (χ0n) is 11.0. The summed E-state index contributed by atoms with van der Waals surface area (Å²) in [5, 5.41) is 11.2. The Morgan fingerprint density at radius 3 is 2.65 bits per heavy atom. The predicted octanol–water partition coefficient (Wildman–Crippen LogP) is 4.38. The molecule has 104 valence electrons. The van der Waals surface area contributed by atoms with Crippen molar-refractivity contribution < 1.29 is 0 Å². The highest BCUT2D eigenvalue weighted by molar-refractivity contribution is 7.10. The molecule has 0 spiro atoms. The molecule has 2 nitrogen and oxygen atoms in total. The van der Waals surface area contributed by atoms with Gasteiger partial charge in [0.15, 0.2) is 0 Å². The molecule has 0 amide bonds. The summed E-state index contributed by atoms with van der Waals surface area (Å²) in [6.07, 6.45) is 3.95. The van der Waals surface area contributed by atoms with E-state index in [1.54, 1.807) is 11.3 Å². The second-order valence-corrected chi connectivity index (χ2v) is 7.47. The normalized spacial score (nSPS) is 12.6. The molecule has 0 aromatic carbocycles. The fourth-order valence-corrected chi connectivity index (χ4v) is 4.30. The van der Waals surface area contributed by atoms with E-state index < -0.39 is 0 Å². The molecule has 0 aliphatic carbocycles. The maximum absolute atomic E-state index is 4.33. The van der Waals surface area contributed by atoms with Gasteiger partial charge in [-0.25, -0.2) is 4.98 Å². The Kier molecular flexibility index (Phi) is 4.97. The highest BCUT2D eigenvalue weighted by Crippen LogP contribution is 2.24. The fraction of sp³-hybridized carbons (Fsp3) is 0.267. The van der Waals surface area contributed by atoms with Crippen molar-refractivity contribution in [1.29, 1.82) is 0 Å². The molecule has 3 aromatic rings. The van der Waals surface area contributed by atoms with Crippen molar-refractivity contribution in [2.24, 2.45) is 0 Å². The molecular formula is C15H16N2S3. The smallest absolute Gasteiger partial charge is 0.0937 e. The lowest BCUT2D eigenvalue weighted by Gasteiger charge is -2.16. The number of nitrogens with zero attached hydrogens (tertiary/aromatic N) is 1. The van der Waals surface area contributed by atoms with E-state index in [0.717, 1.165) is 19.4 Å². The molecule has 0 fully saturated rings. The summed E-state index contributed by atoms with van der Waals surface area (Å²) in [6, 6.07) is 9.10. The minimum Gasteiger partial charge on any atom is -0.309 e. The summed E-state index contributed by atoms with van der Waals surface area (Å²) in [5.41, 5.74) is 0. The maximum atomic E-state index is 4.33. The summed E-state index contributed by atoms with van der Waals surface area (Å²) in [5.74, 6) is 0. The molecule has 0 saturated carbocycles. The van der Waals surface area contributed by atoms with E-state index in [-0.39, 0.29) is 0 Å². The molecule has 3 heterocycles. The third-order valence-electron chi connectivity index (χ3n) is 3.09. The summed E-state index contributed by atoms with van der Waals surface area (Å²) >= 11 is 5.39. The molecule has 0 aliphatic heterocycles. The van der Waals surface area contributed by atoms with Crippen molar-refractivity contribution in [1.82, 2.24) is 10.3 Å². The zero-order valence-corrected chi connectivity index (χ0v) is 13.4. The number of thiazole rings is 1. The van der Waals surface area contributed by atoms with Crippen LogP contribution in [0.4, 0.5) is 0 Å². The molecule has 20 heavy (non-hydrogen) atoms. The van der Waals surface area contributed by atoms with Gasteiger partial charge < -0.3 is 5.32 Å². The minimum absolute atomic E-state index is 0.411. The summed E-state index contributed by atoms with van der Waals surface area (Å²) in [7, 11) is 0. The van der Waals surface area contributed by atoms with Gasteiger partial charge in [0.1, 0.15) is 0 Å². The average Bonchev–Trinajstić information content (AvgIpc) is 3.21. The van der Waals surface area contributed by atoms with E-state index in [1.807, 2.05) is 34.3 Å². The van der Waals surface area contributed by atoms with Crippen molar-refractivity contribution >= 4 is 34.0 Å². The lowest BCUT2D eigenvalue weighted by molar-refractivity contribution is 0.544. The van der Waals surface area contributed by atoms with Gasteiger partial charge in [-0.05, 0) is 22.9 Å². The van der Waals surface area contributed by atoms with Gasteiger partial charge in [-0.1, -0.05) is 12.1 Å². The van der Waals surface area contributed by atoms with Crippen LogP contribution in [0.1, 0.15) is 20.8 Å². The van der Waals surface area contributed by atoms with Crippen LogP contribution >= 0.6 is 34.0 Å². The van der Waals surface area contributed by atoms with Gasteiger partial charge in [0.2, 0.25) is 0 Å². The quantitative estimate of drug-likeness (QED) is 0.698. The second-order valence-electron chi connectivity index (χ2n) is 4.48. The van der Waals surface area contributed by atoms with Gasteiger partial charge in [0, 0.05) is 46.8 Å². The molecule has 0 radical (unpaired) electrons. The molecule has 5 heteroatoms. The van der Waals surface area contributed by atoms with E-state index >= 15 is 0 Å². The molecule has 3 rings (SSSR count). The monoisotopic (exact) mass is 320 g/mol. The van der Waals surface area contributed by atoms with E-state index in [2.05, 4.69) is 45.3 Å². The van der Waals surface area contributed by atoms with Crippen LogP contribution in [0.5, 0.6) is 0 Å². The van der Waals surface area contributed by atoms with E-state index in [4.69, 9.17) is 0 Å². The highest BCUT2D eigenvalue weighted by Gasteiger charge is 2.13. The van der Waals surface area contributed by atoms with Gasteiger partial charge in [-0.2, -0.15) is 0 Å². The van der Waals surface area contributed by atoms with E-state index in [0.29, 0.717) is 6.04 Å². The van der Waals surface area contributed by atoms with E-state index in [9.17, 15) is 0 Å². The van der Waals surface area contributed by atoms with Gasteiger partial charge in [-0.15, -0.1) is 34.0 Å². The Morgan fingerprint density at radius 2 is 1.95 bits per heavy atom. The Labute approximate surface area is 131 Å². The number of nitrogens with one attached hydrogen (secondary N) is 1. The molecule has 0 bridgehead atoms. The first-order chi connectivity index (χ1) is 9.92. The summed E-state index contributed by atoms with van der Waals surface area (Å²) in [6.45, 7) is 0.974. The van der Waals surface area contributed by atoms with Gasteiger partial charge >= 0.3 is 0 Å². The van der Waals surface area contributed by atoms with Crippen LogP contribution in [-0.2, 0) is 12.8 Å². The van der Waals surface area contributed by atoms with Crippen LogP contribution in [-0.4, -0.2) is 11.5 Å². The number of hydrogen-bond acceptors (Lipinski definition) is 5. The standard InChI is InChI=1S/C15H16N2S3/c1-3-12(18-8-1)11-13(14-4-2-9-19-14)16-6-5-15-17-7-10-20-15/h1-4,7-10,13,16H,5-6,11H2. The van der Waals surface area contributed by atoms with Crippen LogP contribution in [0.2, 0.25) is 0 Å². The average molecular weight is 321 g/mol. The number of rotatable bonds is 7. The van der Waals surface area contributed by atoms with Crippen molar-refractivity contribution in [3.63, 3.8) is 0 Å². The van der Waals surface area contributed by atoms with Crippen molar-refractivity contribution in [2.45, 2.75) is 18.9 Å². The molecule has 0 aliphatic rings. The largest absolute Gasteiger partial charge is 0.309 e. The summed E-state index contributed by atoms with van der Waals surface area (Å²) in [4.78, 5) is 7.18. The Hall–Kier alpha value is -1.01. The third kappa shape index (κ3) is 3.76. The van der Waals surface area contributed by atoms with Gasteiger partial charge in [-0.3, -0.25) is 0 Å². The molecule has 1 atom stereocenters. The first-order valence-corrected chi connectivity index (χ1v) is 9.23. The molecule has 3 aromatic heterocycles. The van der Waals surface area contributed by atoms with Crippen molar-refractivity contribution in [2.75, 3.05) is 6.54 Å². The summed E-state index contributed by atoms with van der Waals surface area (Å²) < 4.78 is 0. The third-order valence-corrected chi connectivity index (χ3v) is 5.81. The van der Waals surface area contributed by atoms with Gasteiger partial charge in [0.05, 0.1) is 5.01 Å². The maximum Gasteiger partial charge on any atom is 0.0937 e. The molecular weight excluding hydrogens is 304 g/mol. The van der Waals surface area contributed by atoms with Crippen LogP contribution in [0.15, 0.2) is 46.6 Å². The van der Waals surface area contributed by atoms with Crippen LogP contribution in [0.3, 0.4) is 0 Å². The first kappa shape index (κ1) is 13.9. The van der Waals surface area contributed by atoms with Crippen LogP contribution < -0.4 is 5.32 Å². The second kappa shape index (κ2) is 7.13. The lowest BCUT2D eigenvalue weighted by Crippen LogP contribution is -2.24. The Bertz CT molecular complexity index is 585. The molecule has 1 N–H and O–H groups in total. The fourth-order valence-electron chi connectivity index (χ4n) is 2.12. The number of thiophene rings is 2. The predicted molar refractivity (Wildman–Crippen MR) is 88.9 cm³/mol. The van der Waals surface area contributed by atoms with Crippen molar-refractivity contribution in [3.8, 4) is 0 Å². The zero-order chi connectivity index (χ0) is 13.6. The van der Waals surface area contributed by atoms with E-state index in [1.165, 1.54) is 14.8 Å². The minimum atomic E-state index is 0.411. The Morgan fingerprint density at radius 1 is 1.05 bits per heavy atom. The highest BCUT2D eigenvalue weighted by atomic mass is 32.1. The Balaban J connectivity index is 1.60. The lowest BCUT2D eigenvalue weighted by atomic mass is 10.1. The SMILES string of the molecule is c1csc(CC(NCCc2nccs2)c2cccs2)c1. The first-order valence-electron chi connectivity index (χ1n) is 6.59. The number of aromatic nitrogens is 1. The van der Waals surface area contributed by atoms with Gasteiger partial charge in [0.25, 0.3) is 0 Å². The molecule has 1 unspecified atom stereocenters. The van der Waals surface area contributed by atoms with Crippen LogP contribution in [0.25, 0.3) is 0 Å².